The van der Waals surface area contributed by atoms with Crippen molar-refractivity contribution < 1.29 is 13.2 Å². The fraction of sp³-hybridized carbons (Fsp3) is 0.368. The first kappa shape index (κ1) is 19.1. The molecule has 1 fully saturated rings. The maximum Gasteiger partial charge on any atom is 0.265 e. The van der Waals surface area contributed by atoms with Gasteiger partial charge in [-0.25, -0.2) is 8.42 Å². The van der Waals surface area contributed by atoms with Crippen molar-refractivity contribution in [1.29, 1.82) is 0 Å². The molecule has 26 heavy (non-hydrogen) atoms. The van der Waals surface area contributed by atoms with Crippen LogP contribution in [-0.4, -0.2) is 45.8 Å². The molecule has 140 valence electrons. The number of likely N-dealkylation sites (tertiary alicyclic amines) is 1. The highest BCUT2D eigenvalue weighted by molar-refractivity contribution is 8.00. The second-order valence-corrected chi connectivity index (χ2v) is 9.43. The molecule has 0 bridgehead atoms. The molecule has 1 heterocycles. The Labute approximate surface area is 159 Å². The Bertz CT molecular complexity index is 830. The van der Waals surface area contributed by atoms with Crippen molar-refractivity contribution in [3.8, 4) is 5.75 Å². The summed E-state index contributed by atoms with van der Waals surface area (Å²) < 4.78 is 33.0. The number of piperidine rings is 1. The summed E-state index contributed by atoms with van der Waals surface area (Å²) in [6, 6.07) is 14.2. The number of methoxy groups -OCH3 is 1. The molecule has 0 unspecified atom stereocenters. The van der Waals surface area contributed by atoms with Crippen LogP contribution in [0.25, 0.3) is 0 Å². The molecule has 1 aliphatic heterocycles. The highest BCUT2D eigenvalue weighted by atomic mass is 32.2. The molecule has 0 amide bonds. The third kappa shape index (κ3) is 4.72. The van der Waals surface area contributed by atoms with E-state index in [2.05, 4.69) is 16.7 Å². The number of nitrogens with zero attached hydrogens (tertiary/aromatic N) is 1. The van der Waals surface area contributed by atoms with Gasteiger partial charge in [-0.15, -0.1) is 11.8 Å². The normalized spacial score (nSPS) is 16.4. The summed E-state index contributed by atoms with van der Waals surface area (Å²) in [6.45, 7) is 2.27. The quantitative estimate of drug-likeness (QED) is 0.813. The molecule has 0 aromatic heterocycles. The van der Waals surface area contributed by atoms with E-state index in [-0.39, 0.29) is 4.90 Å². The molecule has 1 aliphatic rings. The van der Waals surface area contributed by atoms with Gasteiger partial charge in [0.25, 0.3) is 10.0 Å². The van der Waals surface area contributed by atoms with E-state index in [0.717, 1.165) is 13.1 Å². The van der Waals surface area contributed by atoms with E-state index in [9.17, 15) is 8.42 Å². The van der Waals surface area contributed by atoms with Crippen LogP contribution in [0, 0.1) is 0 Å². The predicted molar refractivity (Wildman–Crippen MR) is 107 cm³/mol. The Balaban J connectivity index is 1.67. The van der Waals surface area contributed by atoms with Gasteiger partial charge < -0.3 is 9.64 Å². The summed E-state index contributed by atoms with van der Waals surface area (Å²) in [7, 11) is -0.0716. The zero-order chi connectivity index (χ0) is 18.6. The number of ether oxygens (including phenoxy) is 1. The Morgan fingerprint density at radius 2 is 1.73 bits per heavy atom. The number of rotatable bonds is 6. The molecule has 0 aliphatic carbocycles. The van der Waals surface area contributed by atoms with Crippen molar-refractivity contribution in [2.75, 3.05) is 32.0 Å². The first-order valence-electron chi connectivity index (χ1n) is 8.59. The summed E-state index contributed by atoms with van der Waals surface area (Å²) in [5.41, 5.74) is 0.545. The Hall–Kier alpha value is -1.70. The molecular formula is C19H24N2O3S2. The van der Waals surface area contributed by atoms with Crippen molar-refractivity contribution in [2.45, 2.75) is 27.9 Å². The van der Waals surface area contributed by atoms with Gasteiger partial charge in [0.15, 0.2) is 0 Å². The molecule has 2 aromatic rings. The lowest BCUT2D eigenvalue weighted by Gasteiger charge is -2.28. The lowest BCUT2D eigenvalue weighted by molar-refractivity contribution is 0.282. The topological polar surface area (TPSA) is 58.6 Å². The third-order valence-electron chi connectivity index (χ3n) is 4.43. The number of nitrogens with one attached hydrogen (secondary N) is 1. The average molecular weight is 393 g/mol. The minimum Gasteiger partial charge on any atom is -0.495 e. The van der Waals surface area contributed by atoms with E-state index in [4.69, 9.17) is 4.74 Å². The number of hydrogen-bond donors (Lipinski definition) is 1. The summed E-state index contributed by atoms with van der Waals surface area (Å²) >= 11 is 1.87. The molecule has 7 heteroatoms. The number of benzene rings is 2. The van der Waals surface area contributed by atoms with Gasteiger partial charge in [0.2, 0.25) is 0 Å². The Morgan fingerprint density at radius 1 is 1.08 bits per heavy atom. The van der Waals surface area contributed by atoms with E-state index in [1.807, 2.05) is 36.0 Å². The van der Waals surface area contributed by atoms with Crippen LogP contribution in [0.4, 0.5) is 5.69 Å². The molecule has 0 radical (unpaired) electrons. The Kier molecular flexibility index (Phi) is 6.11. The molecule has 0 saturated carbocycles. The summed E-state index contributed by atoms with van der Waals surface area (Å²) in [5, 5.41) is 0.627. The number of hydrogen-bond acceptors (Lipinski definition) is 5. The average Bonchev–Trinajstić information content (AvgIpc) is 2.65. The van der Waals surface area contributed by atoms with Crippen molar-refractivity contribution in [2.24, 2.45) is 0 Å². The van der Waals surface area contributed by atoms with Crippen LogP contribution >= 0.6 is 11.8 Å². The highest BCUT2D eigenvalue weighted by Crippen LogP contribution is 2.31. The van der Waals surface area contributed by atoms with Crippen molar-refractivity contribution in [3.05, 3.63) is 48.5 Å². The van der Waals surface area contributed by atoms with Crippen molar-refractivity contribution >= 4 is 27.5 Å². The fourth-order valence-corrected chi connectivity index (χ4v) is 5.30. The third-order valence-corrected chi connectivity index (χ3v) is 7.20. The molecule has 0 spiro atoms. The van der Waals surface area contributed by atoms with Crippen LogP contribution in [0.1, 0.15) is 12.8 Å². The summed E-state index contributed by atoms with van der Waals surface area (Å²) in [4.78, 5) is 3.65. The van der Waals surface area contributed by atoms with Gasteiger partial charge in [0, 0.05) is 15.8 Å². The van der Waals surface area contributed by atoms with E-state index in [1.165, 1.54) is 30.9 Å². The highest BCUT2D eigenvalue weighted by Gasteiger charge is 2.20. The van der Waals surface area contributed by atoms with Gasteiger partial charge in [-0.05, 0) is 69.4 Å². The predicted octanol–water partition coefficient (Wildman–Crippen LogP) is 3.68. The van der Waals surface area contributed by atoms with Crippen LogP contribution in [0.2, 0.25) is 0 Å². The van der Waals surface area contributed by atoms with Crippen molar-refractivity contribution in [3.63, 3.8) is 0 Å². The largest absolute Gasteiger partial charge is 0.495 e. The van der Waals surface area contributed by atoms with Gasteiger partial charge in [0.05, 0.1) is 7.11 Å². The van der Waals surface area contributed by atoms with E-state index in [0.29, 0.717) is 16.7 Å². The van der Waals surface area contributed by atoms with Crippen LogP contribution in [0.3, 0.4) is 0 Å². The lowest BCUT2D eigenvalue weighted by atomic mass is 10.1. The lowest BCUT2D eigenvalue weighted by Crippen LogP contribution is -2.31. The number of sulfonamides is 1. The van der Waals surface area contributed by atoms with Gasteiger partial charge in [0.1, 0.15) is 10.6 Å². The molecular weight excluding hydrogens is 368 g/mol. The van der Waals surface area contributed by atoms with Gasteiger partial charge in [-0.1, -0.05) is 12.1 Å². The van der Waals surface area contributed by atoms with Gasteiger partial charge in [-0.3, -0.25) is 4.72 Å². The second-order valence-electron chi connectivity index (χ2n) is 6.40. The van der Waals surface area contributed by atoms with Crippen LogP contribution in [-0.2, 0) is 10.0 Å². The van der Waals surface area contributed by atoms with Gasteiger partial charge >= 0.3 is 0 Å². The van der Waals surface area contributed by atoms with E-state index >= 15 is 0 Å². The standard InChI is InChI=1S/C19H24N2O3S2/c1-21-13-11-17(12-14-21)25-16-9-7-15(8-10-16)20-26(22,23)19-6-4-3-5-18(19)24-2/h3-10,17,20H,11-14H2,1-2H3. The smallest absolute Gasteiger partial charge is 0.265 e. The summed E-state index contributed by atoms with van der Waals surface area (Å²) in [6.07, 6.45) is 2.37. The summed E-state index contributed by atoms with van der Waals surface area (Å²) in [5.74, 6) is 0.328. The number of para-hydroxylation sites is 1. The molecule has 5 nitrogen and oxygen atoms in total. The van der Waals surface area contributed by atoms with Crippen LogP contribution < -0.4 is 9.46 Å². The fourth-order valence-electron chi connectivity index (χ4n) is 2.95. The van der Waals surface area contributed by atoms with Crippen LogP contribution in [0.15, 0.2) is 58.3 Å². The van der Waals surface area contributed by atoms with Crippen LogP contribution in [0.5, 0.6) is 5.75 Å². The number of thioether (sulfide) groups is 1. The number of anilines is 1. The van der Waals surface area contributed by atoms with E-state index in [1.54, 1.807) is 18.2 Å². The molecule has 1 N–H and O–H groups in total. The first-order valence-corrected chi connectivity index (χ1v) is 11.0. The zero-order valence-electron chi connectivity index (χ0n) is 15.0. The first-order chi connectivity index (χ1) is 12.5. The monoisotopic (exact) mass is 392 g/mol. The minimum absolute atomic E-state index is 0.132. The molecule has 0 atom stereocenters. The van der Waals surface area contributed by atoms with Gasteiger partial charge in [-0.2, -0.15) is 0 Å². The maximum absolute atomic E-state index is 12.6. The molecule has 2 aromatic carbocycles. The molecule has 3 rings (SSSR count). The van der Waals surface area contributed by atoms with Crippen molar-refractivity contribution in [1.82, 2.24) is 4.90 Å². The zero-order valence-corrected chi connectivity index (χ0v) is 16.6. The molecule has 1 saturated heterocycles. The Morgan fingerprint density at radius 3 is 2.38 bits per heavy atom. The van der Waals surface area contributed by atoms with E-state index < -0.39 is 10.0 Å². The second kappa shape index (κ2) is 8.33. The minimum atomic E-state index is -3.69. The SMILES string of the molecule is COc1ccccc1S(=O)(=O)Nc1ccc(SC2CCN(C)CC2)cc1. The maximum atomic E-state index is 12.6.